The van der Waals surface area contributed by atoms with Crippen LogP contribution in [0.3, 0.4) is 0 Å². The van der Waals surface area contributed by atoms with Crippen molar-refractivity contribution in [1.29, 1.82) is 0 Å². The molecule has 0 atom stereocenters. The molecule has 0 saturated carbocycles. The first-order chi connectivity index (χ1) is 29.0. The lowest BCUT2D eigenvalue weighted by molar-refractivity contribution is 0.590. The maximum atomic E-state index is 2.60. The average Bonchev–Trinajstić information content (AvgIpc) is 3.67. The van der Waals surface area contributed by atoms with Gasteiger partial charge in [0.15, 0.2) is 0 Å². The van der Waals surface area contributed by atoms with Gasteiger partial charge in [0.2, 0.25) is 0 Å². The molecule has 0 fully saturated rings. The number of aryl methyl sites for hydroxylation is 1. The van der Waals surface area contributed by atoms with Crippen LogP contribution in [0, 0.1) is 6.92 Å². The van der Waals surface area contributed by atoms with E-state index in [0.717, 1.165) is 0 Å². The summed E-state index contributed by atoms with van der Waals surface area (Å²) in [6, 6.07) is 58.1. The molecule has 0 amide bonds. The Bertz CT molecular complexity index is 2960. The van der Waals surface area contributed by atoms with Gasteiger partial charge in [0.1, 0.15) is 0 Å². The van der Waals surface area contributed by atoms with Gasteiger partial charge in [-0.05, 0) is 139 Å². The molecule has 0 aliphatic carbocycles. The molecule has 3 heterocycles. The van der Waals surface area contributed by atoms with Crippen LogP contribution >= 0.6 is 11.3 Å². The first-order valence-corrected chi connectivity index (χ1v) is 22.7. The van der Waals surface area contributed by atoms with Crippen LogP contribution in [0.4, 0.5) is 34.1 Å². The van der Waals surface area contributed by atoms with Crippen LogP contribution in [-0.4, -0.2) is 6.71 Å². The summed E-state index contributed by atoms with van der Waals surface area (Å²) in [7, 11) is 0. The van der Waals surface area contributed by atoms with Gasteiger partial charge in [-0.3, -0.25) is 0 Å². The van der Waals surface area contributed by atoms with E-state index >= 15 is 0 Å². The van der Waals surface area contributed by atoms with E-state index in [0.29, 0.717) is 0 Å². The van der Waals surface area contributed by atoms with Crippen molar-refractivity contribution in [1.82, 2.24) is 0 Å². The summed E-state index contributed by atoms with van der Waals surface area (Å²) in [5.74, 6) is 0. The predicted octanol–water partition coefficient (Wildman–Crippen LogP) is 14.5. The molecular weight excluding hydrogens is 756 g/mol. The summed E-state index contributed by atoms with van der Waals surface area (Å²) in [6.45, 7) is 23.1. The minimum Gasteiger partial charge on any atom is -0.311 e. The quantitative estimate of drug-likeness (QED) is 0.163. The van der Waals surface area contributed by atoms with Crippen molar-refractivity contribution in [3.63, 3.8) is 0 Å². The van der Waals surface area contributed by atoms with Crippen molar-refractivity contribution in [3.8, 4) is 21.6 Å². The maximum Gasteiger partial charge on any atom is 0.252 e. The van der Waals surface area contributed by atoms with Crippen molar-refractivity contribution in [3.05, 3.63) is 174 Å². The van der Waals surface area contributed by atoms with Crippen LogP contribution in [0.1, 0.15) is 84.6 Å². The molecule has 10 rings (SSSR count). The third kappa shape index (κ3) is 6.71. The Labute approximate surface area is 367 Å². The fourth-order valence-corrected chi connectivity index (χ4v) is 10.6. The van der Waals surface area contributed by atoms with Gasteiger partial charge >= 0.3 is 0 Å². The number of anilines is 6. The van der Waals surface area contributed by atoms with Crippen molar-refractivity contribution >= 4 is 78.6 Å². The first-order valence-electron chi connectivity index (χ1n) is 21.9. The average molecular weight is 811 g/mol. The molecule has 0 bridgehead atoms. The monoisotopic (exact) mass is 810 g/mol. The molecule has 2 aliphatic rings. The standard InChI is InChI=1S/C57H55BN2S/c1-36-30-50-54-51(31-36)60(47-28-23-41(56(5,6)7)34-44(47)37-16-12-11-13-17-37)49-27-20-39(53-33-38-18-14-15-19-52(38)61-53)32-45(49)58(54)46-35-42(57(8,9)10)24-29-48(46)59(50)43-25-21-40(22-26-43)55(2,3)4/h11-35H,1-10H3. The molecule has 61 heavy (non-hydrogen) atoms. The Balaban J connectivity index is 1.30. The van der Waals surface area contributed by atoms with Crippen LogP contribution in [-0.2, 0) is 16.2 Å². The number of hydrogen-bond donors (Lipinski definition) is 0. The maximum absolute atomic E-state index is 2.60. The van der Waals surface area contributed by atoms with Crippen molar-refractivity contribution in [2.45, 2.75) is 85.5 Å². The van der Waals surface area contributed by atoms with E-state index in [1.807, 2.05) is 11.3 Å². The molecule has 0 radical (unpaired) electrons. The zero-order valence-electron chi connectivity index (χ0n) is 37.3. The first kappa shape index (κ1) is 39.3. The summed E-state index contributed by atoms with van der Waals surface area (Å²) < 4.78 is 1.32. The summed E-state index contributed by atoms with van der Waals surface area (Å²) in [4.78, 5) is 6.45. The summed E-state index contributed by atoms with van der Waals surface area (Å²) in [5, 5.41) is 1.29. The molecule has 2 nitrogen and oxygen atoms in total. The topological polar surface area (TPSA) is 6.48 Å². The van der Waals surface area contributed by atoms with Crippen molar-refractivity contribution < 1.29 is 0 Å². The molecule has 1 aromatic heterocycles. The van der Waals surface area contributed by atoms with Crippen LogP contribution in [0.25, 0.3) is 31.7 Å². The number of rotatable bonds is 4. The largest absolute Gasteiger partial charge is 0.311 e. The van der Waals surface area contributed by atoms with Crippen LogP contribution in [0.5, 0.6) is 0 Å². The van der Waals surface area contributed by atoms with Gasteiger partial charge in [0.25, 0.3) is 6.71 Å². The van der Waals surface area contributed by atoms with Gasteiger partial charge < -0.3 is 9.80 Å². The lowest BCUT2D eigenvalue weighted by Crippen LogP contribution is -2.61. The van der Waals surface area contributed by atoms with Gasteiger partial charge in [0.05, 0.1) is 5.69 Å². The Hall–Kier alpha value is -5.84. The van der Waals surface area contributed by atoms with E-state index in [9.17, 15) is 0 Å². The minimum atomic E-state index is -0.0214. The minimum absolute atomic E-state index is 0.00781. The molecule has 8 aromatic rings. The molecule has 0 saturated heterocycles. The van der Waals surface area contributed by atoms with Gasteiger partial charge in [-0.15, -0.1) is 11.3 Å². The predicted molar refractivity (Wildman–Crippen MR) is 268 cm³/mol. The molecule has 302 valence electrons. The molecule has 0 unspecified atom stereocenters. The SMILES string of the molecule is Cc1cc2c3c(c1)N(c1ccc(C(C)(C)C)cc1-c1ccccc1)c1ccc(-c4cc5ccccc5s4)cc1B3c1cc(C(C)(C)C)ccc1N2c1ccc(C(C)(C)C)cc1. The number of hydrogen-bond acceptors (Lipinski definition) is 3. The third-order valence-electron chi connectivity index (χ3n) is 13.0. The Kier molecular flexibility index (Phi) is 9.09. The van der Waals surface area contributed by atoms with Crippen LogP contribution in [0.15, 0.2) is 152 Å². The second kappa shape index (κ2) is 14.1. The molecular formula is C57H55BN2S. The van der Waals surface area contributed by atoms with E-state index in [1.54, 1.807) is 0 Å². The van der Waals surface area contributed by atoms with Crippen LogP contribution in [0.2, 0.25) is 0 Å². The highest BCUT2D eigenvalue weighted by atomic mass is 32.1. The van der Waals surface area contributed by atoms with Crippen molar-refractivity contribution in [2.75, 3.05) is 9.80 Å². The van der Waals surface area contributed by atoms with E-state index in [4.69, 9.17) is 0 Å². The second-order valence-corrected chi connectivity index (χ2v) is 21.5. The van der Waals surface area contributed by atoms with E-state index in [1.165, 1.54) is 104 Å². The Morgan fingerprint density at radius 3 is 1.67 bits per heavy atom. The summed E-state index contributed by atoms with van der Waals surface area (Å²) in [5.41, 5.74) is 20.4. The zero-order chi connectivity index (χ0) is 42.6. The summed E-state index contributed by atoms with van der Waals surface area (Å²) in [6.07, 6.45) is 0. The van der Waals surface area contributed by atoms with Gasteiger partial charge in [0, 0.05) is 43.6 Å². The van der Waals surface area contributed by atoms with E-state index in [-0.39, 0.29) is 23.0 Å². The Morgan fingerprint density at radius 2 is 1.00 bits per heavy atom. The van der Waals surface area contributed by atoms with Gasteiger partial charge in [-0.1, -0.05) is 153 Å². The smallest absolute Gasteiger partial charge is 0.252 e. The molecule has 7 aromatic carbocycles. The lowest BCUT2D eigenvalue weighted by Gasteiger charge is -2.45. The number of nitrogens with zero attached hydrogens (tertiary/aromatic N) is 2. The molecule has 0 N–H and O–H groups in total. The van der Waals surface area contributed by atoms with Crippen LogP contribution < -0.4 is 26.2 Å². The number of benzene rings is 7. The summed E-state index contributed by atoms with van der Waals surface area (Å²) >= 11 is 1.89. The van der Waals surface area contributed by atoms with Gasteiger partial charge in [-0.2, -0.15) is 0 Å². The van der Waals surface area contributed by atoms with E-state index < -0.39 is 0 Å². The highest BCUT2D eigenvalue weighted by Crippen LogP contribution is 2.49. The fourth-order valence-electron chi connectivity index (χ4n) is 9.58. The van der Waals surface area contributed by atoms with E-state index in [2.05, 4.69) is 231 Å². The normalized spacial score (nSPS) is 13.6. The highest BCUT2D eigenvalue weighted by molar-refractivity contribution is 7.22. The molecule has 2 aliphatic heterocycles. The van der Waals surface area contributed by atoms with Gasteiger partial charge in [-0.25, -0.2) is 0 Å². The number of thiophene rings is 1. The fraction of sp³-hybridized carbons (Fsp3) is 0.228. The molecule has 0 spiro atoms. The number of fused-ring (bicyclic) bond motifs is 5. The Morgan fingerprint density at radius 1 is 0.443 bits per heavy atom. The molecule has 4 heteroatoms. The second-order valence-electron chi connectivity index (χ2n) is 20.4. The lowest BCUT2D eigenvalue weighted by atomic mass is 9.33. The third-order valence-corrected chi connectivity index (χ3v) is 14.1. The van der Waals surface area contributed by atoms with Crippen molar-refractivity contribution in [2.24, 2.45) is 0 Å². The highest BCUT2D eigenvalue weighted by Gasteiger charge is 2.44. The zero-order valence-corrected chi connectivity index (χ0v) is 38.1.